The Morgan fingerprint density at radius 3 is 2.08 bits per heavy atom. The van der Waals surface area contributed by atoms with Gasteiger partial charge in [-0.25, -0.2) is 0 Å². The number of rotatable bonds is 6. The van der Waals surface area contributed by atoms with Crippen LogP contribution in [0.3, 0.4) is 0 Å². The summed E-state index contributed by atoms with van der Waals surface area (Å²) in [5, 5.41) is 2.90. The molecule has 0 spiro atoms. The third-order valence-corrected chi connectivity index (χ3v) is 3.90. The molecule has 24 heavy (non-hydrogen) atoms. The third-order valence-electron chi connectivity index (χ3n) is 3.90. The summed E-state index contributed by atoms with van der Waals surface area (Å²) >= 11 is 0. The fraction of sp³-hybridized carbons (Fsp3) is 0.579. The maximum Gasteiger partial charge on any atom is 0.253 e. The van der Waals surface area contributed by atoms with E-state index in [1.807, 2.05) is 46.8 Å². The molecule has 0 atom stereocenters. The van der Waals surface area contributed by atoms with Crippen molar-refractivity contribution >= 4 is 11.8 Å². The Hall–Kier alpha value is -1.88. The molecule has 0 aliphatic rings. The van der Waals surface area contributed by atoms with Crippen molar-refractivity contribution in [2.45, 2.75) is 41.2 Å². The van der Waals surface area contributed by atoms with Crippen molar-refractivity contribution < 1.29 is 9.59 Å². The standard InChI is InChI=1S/C19H31N3O2/c1-18(2,3)17(24)21-11-14-7-9-15(10-8-14)16(23)22(6)13-19(4,5)12-20/h7-10H,11-13,20H2,1-6H3,(H,21,24). The fourth-order valence-electron chi connectivity index (χ4n) is 2.21. The van der Waals surface area contributed by atoms with Crippen LogP contribution in [0.25, 0.3) is 0 Å². The van der Waals surface area contributed by atoms with Gasteiger partial charge in [-0.15, -0.1) is 0 Å². The van der Waals surface area contributed by atoms with Crippen molar-refractivity contribution in [3.05, 3.63) is 35.4 Å². The normalized spacial score (nSPS) is 12.0. The number of nitrogens with two attached hydrogens (primary N) is 1. The van der Waals surface area contributed by atoms with Crippen LogP contribution in [-0.2, 0) is 11.3 Å². The van der Waals surface area contributed by atoms with E-state index in [4.69, 9.17) is 5.73 Å². The SMILES string of the molecule is CN(CC(C)(C)CN)C(=O)c1ccc(CNC(=O)C(C)(C)C)cc1. The van der Waals surface area contributed by atoms with Gasteiger partial charge in [0.05, 0.1) is 0 Å². The third kappa shape index (κ3) is 5.96. The lowest BCUT2D eigenvalue weighted by Crippen LogP contribution is -2.39. The van der Waals surface area contributed by atoms with E-state index in [1.54, 1.807) is 24.1 Å². The van der Waals surface area contributed by atoms with Crippen molar-refractivity contribution in [2.75, 3.05) is 20.1 Å². The summed E-state index contributed by atoms with van der Waals surface area (Å²) in [6.45, 7) is 11.3. The summed E-state index contributed by atoms with van der Waals surface area (Å²) in [7, 11) is 1.79. The summed E-state index contributed by atoms with van der Waals surface area (Å²) in [6, 6.07) is 7.34. The van der Waals surface area contributed by atoms with E-state index < -0.39 is 5.41 Å². The number of amides is 2. The molecule has 1 aromatic rings. The number of nitrogens with one attached hydrogen (secondary N) is 1. The molecule has 0 saturated carbocycles. The second-order valence-corrected chi connectivity index (χ2v) is 8.16. The van der Waals surface area contributed by atoms with E-state index in [9.17, 15) is 9.59 Å². The van der Waals surface area contributed by atoms with E-state index >= 15 is 0 Å². The average molecular weight is 333 g/mol. The van der Waals surface area contributed by atoms with Crippen molar-refractivity contribution in [3.63, 3.8) is 0 Å². The summed E-state index contributed by atoms with van der Waals surface area (Å²) in [5.41, 5.74) is 6.81. The van der Waals surface area contributed by atoms with Crippen LogP contribution in [0, 0.1) is 10.8 Å². The molecule has 0 bridgehead atoms. The van der Waals surface area contributed by atoms with Crippen molar-refractivity contribution in [2.24, 2.45) is 16.6 Å². The minimum Gasteiger partial charge on any atom is -0.352 e. The molecule has 134 valence electrons. The number of hydrogen-bond acceptors (Lipinski definition) is 3. The highest BCUT2D eigenvalue weighted by molar-refractivity contribution is 5.94. The lowest BCUT2D eigenvalue weighted by molar-refractivity contribution is -0.128. The van der Waals surface area contributed by atoms with Crippen LogP contribution in [0.2, 0.25) is 0 Å². The first kappa shape index (κ1) is 20.2. The molecule has 0 aliphatic carbocycles. The van der Waals surface area contributed by atoms with Crippen molar-refractivity contribution in [1.29, 1.82) is 0 Å². The van der Waals surface area contributed by atoms with Gasteiger partial charge in [0.25, 0.3) is 5.91 Å². The zero-order chi connectivity index (χ0) is 18.5. The molecule has 1 rings (SSSR count). The molecule has 5 heteroatoms. The molecular formula is C19H31N3O2. The minimum atomic E-state index is -0.408. The first-order valence-corrected chi connectivity index (χ1v) is 8.29. The summed E-state index contributed by atoms with van der Waals surface area (Å²) in [4.78, 5) is 26.0. The summed E-state index contributed by atoms with van der Waals surface area (Å²) in [6.07, 6.45) is 0. The Balaban J connectivity index is 2.67. The smallest absolute Gasteiger partial charge is 0.253 e. The average Bonchev–Trinajstić information content (AvgIpc) is 2.51. The quantitative estimate of drug-likeness (QED) is 0.839. The molecule has 0 unspecified atom stereocenters. The van der Waals surface area contributed by atoms with Gasteiger partial charge in [0.2, 0.25) is 5.91 Å². The van der Waals surface area contributed by atoms with Crippen LogP contribution in [0.1, 0.15) is 50.5 Å². The lowest BCUT2D eigenvalue weighted by Gasteiger charge is -2.29. The van der Waals surface area contributed by atoms with Crippen LogP contribution >= 0.6 is 0 Å². The first-order valence-electron chi connectivity index (χ1n) is 8.29. The van der Waals surface area contributed by atoms with Gasteiger partial charge < -0.3 is 16.0 Å². The highest BCUT2D eigenvalue weighted by Crippen LogP contribution is 2.16. The van der Waals surface area contributed by atoms with E-state index in [-0.39, 0.29) is 17.2 Å². The van der Waals surface area contributed by atoms with Crippen molar-refractivity contribution in [3.8, 4) is 0 Å². The Bertz CT molecular complexity index is 571. The number of benzene rings is 1. The Kier molecular flexibility index (Phi) is 6.55. The Morgan fingerprint density at radius 2 is 1.62 bits per heavy atom. The van der Waals surface area contributed by atoms with Crippen LogP contribution in [0.4, 0.5) is 0 Å². The van der Waals surface area contributed by atoms with Crippen LogP contribution in [0.5, 0.6) is 0 Å². The van der Waals surface area contributed by atoms with Crippen LogP contribution < -0.4 is 11.1 Å². The molecule has 3 N–H and O–H groups in total. The minimum absolute atomic E-state index is 0.00593. The van der Waals surface area contributed by atoms with Gasteiger partial charge in [0, 0.05) is 31.1 Å². The monoisotopic (exact) mass is 333 g/mol. The largest absolute Gasteiger partial charge is 0.352 e. The molecule has 1 aromatic carbocycles. The molecule has 0 fully saturated rings. The molecule has 2 amide bonds. The first-order chi connectivity index (χ1) is 11.0. The summed E-state index contributed by atoms with van der Waals surface area (Å²) in [5.74, 6) is -0.0202. The van der Waals surface area contributed by atoms with Crippen molar-refractivity contribution in [1.82, 2.24) is 10.2 Å². The molecule has 5 nitrogen and oxygen atoms in total. The molecule has 0 heterocycles. The zero-order valence-electron chi connectivity index (χ0n) is 15.8. The molecule has 0 radical (unpaired) electrons. The Morgan fingerprint density at radius 1 is 1.08 bits per heavy atom. The fourth-order valence-corrected chi connectivity index (χ4v) is 2.21. The second-order valence-electron chi connectivity index (χ2n) is 8.16. The van der Waals surface area contributed by atoms with Crippen LogP contribution in [0.15, 0.2) is 24.3 Å². The predicted octanol–water partition coefficient (Wildman–Crippen LogP) is 2.41. The van der Waals surface area contributed by atoms with Gasteiger partial charge in [-0.05, 0) is 29.7 Å². The maximum atomic E-state index is 12.5. The number of carbonyl (C=O) groups is 2. The predicted molar refractivity (Wildman–Crippen MR) is 97.5 cm³/mol. The van der Waals surface area contributed by atoms with Gasteiger partial charge in [-0.2, -0.15) is 0 Å². The molecule has 0 aliphatic heterocycles. The highest BCUT2D eigenvalue weighted by Gasteiger charge is 2.22. The van der Waals surface area contributed by atoms with Gasteiger partial charge in [0.15, 0.2) is 0 Å². The lowest BCUT2D eigenvalue weighted by atomic mass is 9.93. The number of nitrogens with zero attached hydrogens (tertiary/aromatic N) is 1. The van der Waals surface area contributed by atoms with Crippen LogP contribution in [-0.4, -0.2) is 36.9 Å². The van der Waals surface area contributed by atoms with Gasteiger partial charge in [-0.1, -0.05) is 46.8 Å². The van der Waals surface area contributed by atoms with Gasteiger partial charge in [-0.3, -0.25) is 9.59 Å². The van der Waals surface area contributed by atoms with E-state index in [0.717, 1.165) is 5.56 Å². The van der Waals surface area contributed by atoms with Gasteiger partial charge in [0.1, 0.15) is 0 Å². The Labute approximate surface area is 145 Å². The number of hydrogen-bond donors (Lipinski definition) is 2. The molecule has 0 saturated heterocycles. The molecule has 0 aromatic heterocycles. The molecular weight excluding hydrogens is 302 g/mol. The topological polar surface area (TPSA) is 75.4 Å². The second kappa shape index (κ2) is 7.79. The number of carbonyl (C=O) groups excluding carboxylic acids is 2. The summed E-state index contributed by atoms with van der Waals surface area (Å²) < 4.78 is 0. The highest BCUT2D eigenvalue weighted by atomic mass is 16.2. The van der Waals surface area contributed by atoms with E-state index in [2.05, 4.69) is 5.32 Å². The van der Waals surface area contributed by atoms with E-state index in [1.165, 1.54) is 0 Å². The maximum absolute atomic E-state index is 12.5. The van der Waals surface area contributed by atoms with E-state index in [0.29, 0.717) is 25.2 Å². The zero-order valence-corrected chi connectivity index (χ0v) is 15.8. The van der Waals surface area contributed by atoms with Gasteiger partial charge >= 0.3 is 0 Å².